The normalized spacial score (nSPS) is 14.9. The van der Waals surface area contributed by atoms with Gasteiger partial charge in [0.15, 0.2) is 0 Å². The van der Waals surface area contributed by atoms with Crippen LogP contribution in [-0.2, 0) is 21.4 Å². The third kappa shape index (κ3) is 7.08. The zero-order valence-corrected chi connectivity index (χ0v) is 19.0. The van der Waals surface area contributed by atoms with Gasteiger partial charge in [0.2, 0.25) is 15.9 Å². The van der Waals surface area contributed by atoms with Gasteiger partial charge in [0.25, 0.3) is 0 Å². The fourth-order valence-electron chi connectivity index (χ4n) is 3.61. The highest BCUT2D eigenvalue weighted by molar-refractivity contribution is 7.89. The zero-order valence-electron chi connectivity index (χ0n) is 18.2. The summed E-state index contributed by atoms with van der Waals surface area (Å²) in [5, 5.41) is 2.90. The van der Waals surface area contributed by atoms with Crippen molar-refractivity contribution in [3.8, 4) is 5.75 Å². The predicted molar refractivity (Wildman–Crippen MR) is 121 cm³/mol. The third-order valence-corrected chi connectivity index (χ3v) is 7.34. The van der Waals surface area contributed by atoms with Crippen LogP contribution in [0.2, 0.25) is 0 Å². The first-order chi connectivity index (χ1) is 14.9. The number of unbranched alkanes of at least 4 members (excludes halogenated alkanes) is 1. The lowest BCUT2D eigenvalue weighted by Gasteiger charge is -2.25. The number of piperidine rings is 1. The molecule has 1 heterocycles. The zero-order chi connectivity index (χ0) is 22.1. The highest BCUT2D eigenvalue weighted by Gasteiger charge is 2.25. The summed E-state index contributed by atoms with van der Waals surface area (Å²) < 4.78 is 32.6. The van der Waals surface area contributed by atoms with E-state index in [4.69, 9.17) is 4.74 Å². The second-order valence-corrected chi connectivity index (χ2v) is 9.95. The van der Waals surface area contributed by atoms with Gasteiger partial charge in [-0.3, -0.25) is 4.79 Å². The number of ether oxygens (including phenoxy) is 1. The largest absolute Gasteiger partial charge is 0.494 e. The van der Waals surface area contributed by atoms with Crippen molar-refractivity contribution in [3.05, 3.63) is 59.7 Å². The summed E-state index contributed by atoms with van der Waals surface area (Å²) in [7, 11) is -3.42. The smallest absolute Gasteiger partial charge is 0.243 e. The lowest BCUT2D eigenvalue weighted by molar-refractivity contribution is -0.121. The van der Waals surface area contributed by atoms with E-state index in [1.807, 2.05) is 31.2 Å². The van der Waals surface area contributed by atoms with Crippen molar-refractivity contribution in [3.63, 3.8) is 0 Å². The number of hydrogen-bond donors (Lipinski definition) is 1. The number of hydrogen-bond acceptors (Lipinski definition) is 4. The van der Waals surface area contributed by atoms with Gasteiger partial charge in [-0.2, -0.15) is 4.31 Å². The van der Waals surface area contributed by atoms with Crippen LogP contribution >= 0.6 is 0 Å². The molecule has 1 amide bonds. The van der Waals surface area contributed by atoms with Crippen LogP contribution in [0.25, 0.3) is 0 Å². The first-order valence-corrected chi connectivity index (χ1v) is 12.4. The molecule has 0 bridgehead atoms. The highest BCUT2D eigenvalue weighted by Crippen LogP contribution is 2.21. The Morgan fingerprint density at radius 3 is 2.48 bits per heavy atom. The van der Waals surface area contributed by atoms with Crippen LogP contribution in [0.5, 0.6) is 5.75 Å². The molecule has 31 heavy (non-hydrogen) atoms. The van der Waals surface area contributed by atoms with Crippen LogP contribution in [0.3, 0.4) is 0 Å². The molecule has 6 nitrogen and oxygen atoms in total. The molecule has 1 saturated heterocycles. The number of carbonyl (C=O) groups is 1. The number of nitrogens with one attached hydrogen (secondary N) is 1. The average molecular weight is 445 g/mol. The van der Waals surface area contributed by atoms with Crippen molar-refractivity contribution in [2.24, 2.45) is 0 Å². The topological polar surface area (TPSA) is 75.7 Å². The van der Waals surface area contributed by atoms with Gasteiger partial charge in [-0.1, -0.05) is 30.7 Å². The lowest BCUT2D eigenvalue weighted by Crippen LogP contribution is -2.35. The van der Waals surface area contributed by atoms with E-state index in [9.17, 15) is 13.2 Å². The Morgan fingerprint density at radius 1 is 1.03 bits per heavy atom. The Hall–Kier alpha value is -2.38. The summed E-state index contributed by atoms with van der Waals surface area (Å²) in [6.45, 7) is 4.19. The molecular formula is C24H32N2O4S. The van der Waals surface area contributed by atoms with E-state index in [0.29, 0.717) is 37.6 Å². The van der Waals surface area contributed by atoms with Crippen molar-refractivity contribution < 1.29 is 17.9 Å². The summed E-state index contributed by atoms with van der Waals surface area (Å²) in [6.07, 6.45) is 4.93. The second-order valence-electron chi connectivity index (χ2n) is 8.01. The maximum atomic E-state index is 12.7. The van der Waals surface area contributed by atoms with Gasteiger partial charge in [-0.05, 0) is 68.0 Å². The summed E-state index contributed by atoms with van der Waals surface area (Å²) in [6, 6.07) is 14.7. The number of nitrogens with zero attached hydrogens (tertiary/aromatic N) is 1. The van der Waals surface area contributed by atoms with E-state index in [1.54, 1.807) is 28.6 Å². The van der Waals surface area contributed by atoms with E-state index >= 15 is 0 Å². The summed E-state index contributed by atoms with van der Waals surface area (Å²) >= 11 is 0. The first-order valence-electron chi connectivity index (χ1n) is 11.0. The molecule has 0 atom stereocenters. The van der Waals surface area contributed by atoms with Gasteiger partial charge in [0.05, 0.1) is 11.5 Å². The van der Waals surface area contributed by atoms with Crippen LogP contribution in [0.4, 0.5) is 0 Å². The standard InChI is InChI=1S/C24H32N2O4S/c1-20-8-7-9-22(18-20)30-17-6-3-10-24(27)25-19-21-11-13-23(14-12-21)31(28,29)26-15-4-2-5-16-26/h7-9,11-14,18H,2-6,10,15-17,19H2,1H3,(H,25,27). The highest BCUT2D eigenvalue weighted by atomic mass is 32.2. The fourth-order valence-corrected chi connectivity index (χ4v) is 5.12. The number of benzene rings is 2. The molecule has 1 fully saturated rings. The second kappa shape index (κ2) is 11.3. The molecule has 0 spiro atoms. The number of aryl methyl sites for hydroxylation is 1. The Bertz CT molecular complexity index is 952. The number of carbonyl (C=O) groups excluding carboxylic acids is 1. The molecule has 2 aromatic rings. The molecule has 168 valence electrons. The van der Waals surface area contributed by atoms with Gasteiger partial charge >= 0.3 is 0 Å². The summed E-state index contributed by atoms with van der Waals surface area (Å²) in [5.74, 6) is 0.843. The Balaban J connectivity index is 1.36. The Kier molecular flexibility index (Phi) is 8.49. The minimum atomic E-state index is -3.42. The first kappa shape index (κ1) is 23.3. The van der Waals surface area contributed by atoms with Crippen LogP contribution < -0.4 is 10.1 Å². The maximum Gasteiger partial charge on any atom is 0.243 e. The molecule has 2 aromatic carbocycles. The molecule has 0 aliphatic carbocycles. The molecule has 0 aromatic heterocycles. The summed E-state index contributed by atoms with van der Waals surface area (Å²) in [4.78, 5) is 12.4. The molecule has 3 rings (SSSR count). The molecule has 1 aliphatic rings. The molecule has 7 heteroatoms. The monoisotopic (exact) mass is 444 g/mol. The minimum Gasteiger partial charge on any atom is -0.494 e. The van der Waals surface area contributed by atoms with Gasteiger partial charge in [0.1, 0.15) is 5.75 Å². The fraction of sp³-hybridized carbons (Fsp3) is 0.458. The molecule has 0 saturated carbocycles. The van der Waals surface area contributed by atoms with E-state index < -0.39 is 10.0 Å². The van der Waals surface area contributed by atoms with Crippen LogP contribution in [-0.4, -0.2) is 38.3 Å². The van der Waals surface area contributed by atoms with Crippen molar-refractivity contribution in [1.82, 2.24) is 9.62 Å². The van der Waals surface area contributed by atoms with E-state index in [-0.39, 0.29) is 5.91 Å². The molecular weight excluding hydrogens is 412 g/mol. The maximum absolute atomic E-state index is 12.7. The average Bonchev–Trinajstić information content (AvgIpc) is 2.78. The van der Waals surface area contributed by atoms with Gasteiger partial charge in [0, 0.05) is 26.1 Å². The third-order valence-electron chi connectivity index (χ3n) is 5.42. The number of rotatable bonds is 10. The number of amides is 1. The van der Waals surface area contributed by atoms with Crippen molar-refractivity contribution in [2.45, 2.75) is 56.9 Å². The van der Waals surface area contributed by atoms with Crippen molar-refractivity contribution >= 4 is 15.9 Å². The van der Waals surface area contributed by atoms with Crippen molar-refractivity contribution in [2.75, 3.05) is 19.7 Å². The predicted octanol–water partition coefficient (Wildman–Crippen LogP) is 4.04. The van der Waals surface area contributed by atoms with Crippen LogP contribution in [0.15, 0.2) is 53.4 Å². The SMILES string of the molecule is Cc1cccc(OCCCCC(=O)NCc2ccc(S(=O)(=O)N3CCCCC3)cc2)c1. The Labute approximate surface area is 185 Å². The van der Waals surface area contributed by atoms with E-state index in [0.717, 1.165) is 49.0 Å². The molecule has 1 aliphatic heterocycles. The van der Waals surface area contributed by atoms with Gasteiger partial charge in [-0.15, -0.1) is 0 Å². The molecule has 0 unspecified atom stereocenters. The van der Waals surface area contributed by atoms with Crippen LogP contribution in [0.1, 0.15) is 49.7 Å². The number of sulfonamides is 1. The summed E-state index contributed by atoms with van der Waals surface area (Å²) in [5.41, 5.74) is 2.04. The minimum absolute atomic E-state index is 0.0134. The van der Waals surface area contributed by atoms with Gasteiger partial charge < -0.3 is 10.1 Å². The lowest BCUT2D eigenvalue weighted by atomic mass is 10.2. The van der Waals surface area contributed by atoms with Crippen LogP contribution in [0, 0.1) is 6.92 Å². The molecule has 0 radical (unpaired) electrons. The molecule has 1 N–H and O–H groups in total. The Morgan fingerprint density at radius 2 is 1.77 bits per heavy atom. The van der Waals surface area contributed by atoms with Gasteiger partial charge in [-0.25, -0.2) is 8.42 Å². The van der Waals surface area contributed by atoms with Crippen molar-refractivity contribution in [1.29, 1.82) is 0 Å². The van der Waals surface area contributed by atoms with E-state index in [1.165, 1.54) is 0 Å². The van der Waals surface area contributed by atoms with E-state index in [2.05, 4.69) is 5.32 Å². The quantitative estimate of drug-likeness (QED) is 0.561.